The Kier molecular flexibility index (Phi) is 6.99. The number of hydrogen-bond donors (Lipinski definition) is 2. The highest BCUT2D eigenvalue weighted by Gasteiger charge is 2.41. The molecule has 0 amide bonds. The summed E-state index contributed by atoms with van der Waals surface area (Å²) in [7, 11) is 1.68. The molecule has 0 aliphatic heterocycles. The van der Waals surface area contributed by atoms with Crippen LogP contribution in [-0.4, -0.2) is 57.4 Å². The third-order valence-corrected chi connectivity index (χ3v) is 3.06. The molecular formula is C12H25NO4. The number of methoxy groups -OCH3 is 1. The van der Waals surface area contributed by atoms with E-state index in [4.69, 9.17) is 19.9 Å². The van der Waals surface area contributed by atoms with E-state index in [0.717, 1.165) is 25.9 Å². The summed E-state index contributed by atoms with van der Waals surface area (Å²) in [6, 6.07) is 0. The molecule has 1 aliphatic carbocycles. The van der Waals surface area contributed by atoms with Crippen molar-refractivity contribution in [3.63, 3.8) is 0 Å². The van der Waals surface area contributed by atoms with Crippen LogP contribution in [0, 0.1) is 5.92 Å². The van der Waals surface area contributed by atoms with E-state index in [2.05, 4.69) is 0 Å². The fourth-order valence-electron chi connectivity index (χ4n) is 1.74. The van der Waals surface area contributed by atoms with Crippen LogP contribution in [0.25, 0.3) is 0 Å². The van der Waals surface area contributed by atoms with Crippen LogP contribution in [0.4, 0.5) is 0 Å². The zero-order valence-electron chi connectivity index (χ0n) is 10.7. The van der Waals surface area contributed by atoms with Gasteiger partial charge in [-0.05, 0) is 25.2 Å². The fraction of sp³-hybridized carbons (Fsp3) is 1.00. The number of rotatable bonds is 11. The third kappa shape index (κ3) is 5.79. The van der Waals surface area contributed by atoms with Gasteiger partial charge in [-0.1, -0.05) is 0 Å². The molecule has 5 nitrogen and oxygen atoms in total. The van der Waals surface area contributed by atoms with E-state index in [-0.39, 0.29) is 6.61 Å². The molecule has 1 unspecified atom stereocenters. The highest BCUT2D eigenvalue weighted by atomic mass is 16.5. The molecule has 0 aromatic carbocycles. The van der Waals surface area contributed by atoms with Crippen LogP contribution < -0.4 is 5.73 Å². The second kappa shape index (κ2) is 8.00. The van der Waals surface area contributed by atoms with Gasteiger partial charge in [0.25, 0.3) is 0 Å². The summed E-state index contributed by atoms with van der Waals surface area (Å²) >= 11 is 0. The maximum atomic E-state index is 9.25. The van der Waals surface area contributed by atoms with Crippen LogP contribution in [0.1, 0.15) is 19.3 Å². The second-order valence-corrected chi connectivity index (χ2v) is 4.68. The van der Waals surface area contributed by atoms with Crippen molar-refractivity contribution in [2.75, 3.05) is 46.8 Å². The zero-order valence-corrected chi connectivity index (χ0v) is 10.7. The summed E-state index contributed by atoms with van der Waals surface area (Å²) in [4.78, 5) is 0. The first-order valence-electron chi connectivity index (χ1n) is 6.27. The Hall–Kier alpha value is -0.200. The number of hydrogen-bond acceptors (Lipinski definition) is 5. The van der Waals surface area contributed by atoms with Crippen LogP contribution in [0.15, 0.2) is 0 Å². The molecule has 1 saturated carbocycles. The summed E-state index contributed by atoms with van der Waals surface area (Å²) in [5, 5.41) is 9.25. The molecule has 5 heteroatoms. The molecule has 0 aromatic heterocycles. The van der Waals surface area contributed by atoms with E-state index in [1.165, 1.54) is 0 Å². The molecule has 1 fully saturated rings. The van der Waals surface area contributed by atoms with Crippen LogP contribution >= 0.6 is 0 Å². The van der Waals surface area contributed by atoms with Crippen molar-refractivity contribution in [2.24, 2.45) is 11.7 Å². The Morgan fingerprint density at radius 2 is 1.88 bits per heavy atom. The van der Waals surface area contributed by atoms with Crippen LogP contribution in [0.3, 0.4) is 0 Å². The lowest BCUT2D eigenvalue weighted by Crippen LogP contribution is -2.50. The van der Waals surface area contributed by atoms with Crippen molar-refractivity contribution in [3.05, 3.63) is 0 Å². The first-order chi connectivity index (χ1) is 8.23. The van der Waals surface area contributed by atoms with E-state index < -0.39 is 5.54 Å². The van der Waals surface area contributed by atoms with Crippen molar-refractivity contribution in [1.82, 2.24) is 0 Å². The highest BCUT2D eigenvalue weighted by molar-refractivity contribution is 4.98. The summed E-state index contributed by atoms with van der Waals surface area (Å²) in [6.45, 7) is 2.91. The molecule has 0 heterocycles. The standard InChI is InChI=1S/C12H25NO4/c1-15-5-2-6-16-7-8-17-10-12(13,9-14)11-3-4-11/h11,14H,2-10,13H2,1H3. The monoisotopic (exact) mass is 247 g/mol. The van der Waals surface area contributed by atoms with Gasteiger partial charge in [0, 0.05) is 20.3 Å². The largest absolute Gasteiger partial charge is 0.394 e. The summed E-state index contributed by atoms with van der Waals surface area (Å²) in [6.07, 6.45) is 3.11. The van der Waals surface area contributed by atoms with Gasteiger partial charge in [0.1, 0.15) is 0 Å². The van der Waals surface area contributed by atoms with Crippen molar-refractivity contribution in [1.29, 1.82) is 0 Å². The minimum absolute atomic E-state index is 0.00758. The van der Waals surface area contributed by atoms with Gasteiger partial charge in [-0.15, -0.1) is 0 Å². The normalized spacial score (nSPS) is 19.2. The lowest BCUT2D eigenvalue weighted by atomic mass is 9.97. The predicted molar refractivity (Wildman–Crippen MR) is 64.9 cm³/mol. The van der Waals surface area contributed by atoms with Gasteiger partial charge in [-0.2, -0.15) is 0 Å². The molecule has 17 heavy (non-hydrogen) atoms. The lowest BCUT2D eigenvalue weighted by Gasteiger charge is -2.26. The van der Waals surface area contributed by atoms with Crippen molar-refractivity contribution in [2.45, 2.75) is 24.8 Å². The summed E-state index contributed by atoms with van der Waals surface area (Å²) < 4.78 is 15.7. The third-order valence-electron chi connectivity index (χ3n) is 3.06. The zero-order chi connectivity index (χ0) is 12.6. The average molecular weight is 247 g/mol. The SMILES string of the molecule is COCCCOCCOCC(N)(CO)C1CC1. The smallest absolute Gasteiger partial charge is 0.0701 e. The molecule has 1 aliphatic rings. The van der Waals surface area contributed by atoms with Crippen molar-refractivity contribution >= 4 is 0 Å². The lowest BCUT2D eigenvalue weighted by molar-refractivity contribution is 0.00536. The van der Waals surface area contributed by atoms with Crippen molar-refractivity contribution < 1.29 is 19.3 Å². The van der Waals surface area contributed by atoms with Gasteiger partial charge >= 0.3 is 0 Å². The van der Waals surface area contributed by atoms with E-state index in [9.17, 15) is 5.11 Å². The summed E-state index contributed by atoms with van der Waals surface area (Å²) in [5.74, 6) is 0.426. The van der Waals surface area contributed by atoms with Gasteiger partial charge in [0.05, 0.1) is 32.0 Å². The Morgan fingerprint density at radius 1 is 1.18 bits per heavy atom. The molecule has 0 bridgehead atoms. The average Bonchev–Trinajstić information content (AvgIpc) is 3.16. The van der Waals surface area contributed by atoms with E-state index in [1.54, 1.807) is 7.11 Å². The van der Waals surface area contributed by atoms with Gasteiger partial charge in [0.15, 0.2) is 0 Å². The Balaban J connectivity index is 1.92. The van der Waals surface area contributed by atoms with E-state index in [0.29, 0.717) is 32.3 Å². The second-order valence-electron chi connectivity index (χ2n) is 4.68. The number of aliphatic hydroxyl groups excluding tert-OH is 1. The topological polar surface area (TPSA) is 73.9 Å². The number of nitrogens with two attached hydrogens (primary N) is 1. The minimum atomic E-state index is -0.546. The minimum Gasteiger partial charge on any atom is -0.394 e. The molecule has 3 N–H and O–H groups in total. The molecule has 0 radical (unpaired) electrons. The van der Waals surface area contributed by atoms with Gasteiger partial charge in [0.2, 0.25) is 0 Å². The quantitative estimate of drug-likeness (QED) is 0.509. The molecule has 0 saturated heterocycles. The first-order valence-corrected chi connectivity index (χ1v) is 6.27. The summed E-state index contributed by atoms with van der Waals surface area (Å²) in [5.41, 5.74) is 5.51. The van der Waals surface area contributed by atoms with Gasteiger partial charge in [-0.3, -0.25) is 0 Å². The fourth-order valence-corrected chi connectivity index (χ4v) is 1.74. The van der Waals surface area contributed by atoms with Gasteiger partial charge < -0.3 is 25.1 Å². The van der Waals surface area contributed by atoms with Crippen molar-refractivity contribution in [3.8, 4) is 0 Å². The molecule has 1 rings (SSSR count). The van der Waals surface area contributed by atoms with Crippen LogP contribution in [0.5, 0.6) is 0 Å². The Bertz CT molecular complexity index is 199. The maximum Gasteiger partial charge on any atom is 0.0701 e. The van der Waals surface area contributed by atoms with E-state index in [1.807, 2.05) is 0 Å². The van der Waals surface area contributed by atoms with Gasteiger partial charge in [-0.25, -0.2) is 0 Å². The maximum absolute atomic E-state index is 9.25. The number of aliphatic hydroxyl groups is 1. The molecule has 0 aromatic rings. The molecule has 102 valence electrons. The van der Waals surface area contributed by atoms with Crippen LogP contribution in [-0.2, 0) is 14.2 Å². The molecule has 1 atom stereocenters. The number of ether oxygens (including phenoxy) is 3. The first kappa shape index (κ1) is 14.9. The molecular weight excluding hydrogens is 222 g/mol. The Morgan fingerprint density at radius 3 is 2.47 bits per heavy atom. The van der Waals surface area contributed by atoms with E-state index >= 15 is 0 Å². The molecule has 0 spiro atoms. The Labute approximate surface area is 103 Å². The highest BCUT2D eigenvalue weighted by Crippen LogP contribution is 2.38. The van der Waals surface area contributed by atoms with Crippen LogP contribution in [0.2, 0.25) is 0 Å². The predicted octanol–water partition coefficient (Wildman–Crippen LogP) is 0.156.